The minimum absolute atomic E-state index is 0.121. The van der Waals surface area contributed by atoms with E-state index < -0.39 is 24.6 Å². The van der Waals surface area contributed by atoms with E-state index in [9.17, 15) is 17.6 Å². The lowest BCUT2D eigenvalue weighted by molar-refractivity contribution is -0.173. The summed E-state index contributed by atoms with van der Waals surface area (Å²) in [5, 5.41) is 11.9. The van der Waals surface area contributed by atoms with Crippen LogP contribution in [0.25, 0.3) is 0 Å². The first-order chi connectivity index (χ1) is 8.79. The van der Waals surface area contributed by atoms with Gasteiger partial charge in [-0.25, -0.2) is 4.39 Å². The molecule has 1 unspecified atom stereocenters. The average molecular weight is 281 g/mol. The molecule has 1 atom stereocenters. The van der Waals surface area contributed by atoms with Gasteiger partial charge < -0.3 is 15.2 Å². The summed E-state index contributed by atoms with van der Waals surface area (Å²) < 4.78 is 53.2. The number of aromatic hydroxyl groups is 1. The maximum Gasteiger partial charge on any atom is 0.411 e. The summed E-state index contributed by atoms with van der Waals surface area (Å²) in [5.41, 5.74) is 0.327. The van der Waals surface area contributed by atoms with E-state index in [4.69, 9.17) is 5.11 Å². The van der Waals surface area contributed by atoms with Crippen LogP contribution in [0, 0.1) is 5.82 Å². The molecule has 0 saturated carbocycles. The first kappa shape index (κ1) is 15.7. The lowest BCUT2D eigenvalue weighted by atomic mass is 10.1. The monoisotopic (exact) mass is 281 g/mol. The molecule has 0 aromatic heterocycles. The Balaban J connectivity index is 2.33. The number of halogens is 4. The van der Waals surface area contributed by atoms with Crippen LogP contribution in [0.15, 0.2) is 18.2 Å². The molecule has 0 saturated heterocycles. The van der Waals surface area contributed by atoms with Gasteiger partial charge in [-0.05, 0) is 13.0 Å². The van der Waals surface area contributed by atoms with Crippen LogP contribution in [0.4, 0.5) is 17.6 Å². The van der Waals surface area contributed by atoms with E-state index in [-0.39, 0.29) is 18.9 Å². The molecule has 0 aliphatic carbocycles. The molecular weight excluding hydrogens is 266 g/mol. The number of rotatable bonds is 6. The van der Waals surface area contributed by atoms with Crippen molar-refractivity contribution < 1.29 is 27.4 Å². The largest absolute Gasteiger partial charge is 0.508 e. The first-order valence-corrected chi connectivity index (χ1v) is 5.66. The molecule has 3 nitrogen and oxygen atoms in total. The minimum Gasteiger partial charge on any atom is -0.508 e. The molecule has 1 rings (SSSR count). The topological polar surface area (TPSA) is 41.5 Å². The standard InChI is InChI=1S/C12H15F4NO2/c1-8(10-3-2-9(18)6-11(10)13)17-4-5-19-7-12(14,15)16/h2-3,6,8,17-18H,4-5,7H2,1H3. The second kappa shape index (κ2) is 6.72. The number of hydrogen-bond acceptors (Lipinski definition) is 3. The second-order valence-electron chi connectivity index (χ2n) is 4.05. The van der Waals surface area contributed by atoms with Crippen LogP contribution < -0.4 is 5.32 Å². The van der Waals surface area contributed by atoms with Crippen molar-refractivity contribution in [3.8, 4) is 5.75 Å². The van der Waals surface area contributed by atoms with Gasteiger partial charge in [0.25, 0.3) is 0 Å². The number of phenols is 1. The third-order valence-electron chi connectivity index (χ3n) is 2.41. The van der Waals surface area contributed by atoms with Crippen LogP contribution in [-0.2, 0) is 4.74 Å². The molecule has 1 aromatic rings. The Morgan fingerprint density at radius 2 is 2.05 bits per heavy atom. The van der Waals surface area contributed by atoms with Crippen molar-refractivity contribution in [2.75, 3.05) is 19.8 Å². The fourth-order valence-corrected chi connectivity index (χ4v) is 1.51. The van der Waals surface area contributed by atoms with Crippen LogP contribution in [0.1, 0.15) is 18.5 Å². The summed E-state index contributed by atoms with van der Waals surface area (Å²) >= 11 is 0. The highest BCUT2D eigenvalue weighted by Crippen LogP contribution is 2.20. The van der Waals surface area contributed by atoms with E-state index in [0.29, 0.717) is 5.56 Å². The van der Waals surface area contributed by atoms with Crippen LogP contribution in [0.2, 0.25) is 0 Å². The highest BCUT2D eigenvalue weighted by molar-refractivity contribution is 5.29. The average Bonchev–Trinajstić information content (AvgIpc) is 2.26. The predicted molar refractivity (Wildman–Crippen MR) is 61.4 cm³/mol. The van der Waals surface area contributed by atoms with E-state index in [1.807, 2.05) is 0 Å². The fourth-order valence-electron chi connectivity index (χ4n) is 1.51. The third kappa shape index (κ3) is 5.89. The van der Waals surface area contributed by atoms with Crippen molar-refractivity contribution in [1.82, 2.24) is 5.32 Å². The molecule has 0 fully saturated rings. The first-order valence-electron chi connectivity index (χ1n) is 5.66. The third-order valence-corrected chi connectivity index (χ3v) is 2.41. The molecular formula is C12H15F4NO2. The zero-order valence-corrected chi connectivity index (χ0v) is 10.3. The Morgan fingerprint density at radius 3 is 2.63 bits per heavy atom. The van der Waals surface area contributed by atoms with Gasteiger partial charge in [0.2, 0.25) is 0 Å². The lowest BCUT2D eigenvalue weighted by Gasteiger charge is -2.15. The summed E-state index contributed by atoms with van der Waals surface area (Å²) in [5.74, 6) is -0.752. The Bertz CT molecular complexity index is 409. The Hall–Kier alpha value is -1.34. The van der Waals surface area contributed by atoms with E-state index in [0.717, 1.165) is 6.07 Å². The van der Waals surface area contributed by atoms with Gasteiger partial charge in [0, 0.05) is 24.2 Å². The molecule has 19 heavy (non-hydrogen) atoms. The van der Waals surface area contributed by atoms with Crippen LogP contribution >= 0.6 is 0 Å². The number of benzene rings is 1. The number of phenolic OH excluding ortho intramolecular Hbond substituents is 1. The van der Waals surface area contributed by atoms with Crippen LogP contribution in [-0.4, -0.2) is 31.0 Å². The highest BCUT2D eigenvalue weighted by Gasteiger charge is 2.27. The second-order valence-corrected chi connectivity index (χ2v) is 4.05. The van der Waals surface area contributed by atoms with Crippen LogP contribution in [0.5, 0.6) is 5.75 Å². The van der Waals surface area contributed by atoms with Crippen molar-refractivity contribution in [1.29, 1.82) is 0 Å². The van der Waals surface area contributed by atoms with Gasteiger partial charge in [-0.2, -0.15) is 13.2 Å². The molecule has 108 valence electrons. The number of ether oxygens (including phenoxy) is 1. The van der Waals surface area contributed by atoms with Gasteiger partial charge in [-0.3, -0.25) is 0 Å². The summed E-state index contributed by atoms with van der Waals surface area (Å²) in [6, 6.07) is 3.35. The van der Waals surface area contributed by atoms with Crippen molar-refractivity contribution in [2.45, 2.75) is 19.1 Å². The summed E-state index contributed by atoms with van der Waals surface area (Å²) in [6.07, 6.45) is -4.34. The van der Waals surface area contributed by atoms with Gasteiger partial charge in [0.15, 0.2) is 0 Å². The van der Waals surface area contributed by atoms with Gasteiger partial charge in [0.1, 0.15) is 18.2 Å². The molecule has 0 heterocycles. The molecule has 7 heteroatoms. The van der Waals surface area contributed by atoms with Gasteiger partial charge >= 0.3 is 6.18 Å². The van der Waals surface area contributed by atoms with E-state index >= 15 is 0 Å². The molecule has 2 N–H and O–H groups in total. The van der Waals surface area contributed by atoms with Gasteiger partial charge in [-0.1, -0.05) is 6.07 Å². The Morgan fingerprint density at radius 1 is 1.37 bits per heavy atom. The van der Waals surface area contributed by atoms with Crippen molar-refractivity contribution in [2.24, 2.45) is 0 Å². The van der Waals surface area contributed by atoms with Crippen molar-refractivity contribution >= 4 is 0 Å². The number of nitrogens with one attached hydrogen (secondary N) is 1. The van der Waals surface area contributed by atoms with Crippen LogP contribution in [0.3, 0.4) is 0 Å². The molecule has 0 aliphatic rings. The smallest absolute Gasteiger partial charge is 0.411 e. The number of hydrogen-bond donors (Lipinski definition) is 2. The Labute approximate surface area is 108 Å². The SMILES string of the molecule is CC(NCCOCC(F)(F)F)c1ccc(O)cc1F. The fraction of sp³-hybridized carbons (Fsp3) is 0.500. The maximum atomic E-state index is 13.5. The zero-order chi connectivity index (χ0) is 14.5. The zero-order valence-electron chi connectivity index (χ0n) is 10.3. The molecule has 0 spiro atoms. The van der Waals surface area contributed by atoms with Crippen molar-refractivity contribution in [3.63, 3.8) is 0 Å². The minimum atomic E-state index is -4.34. The molecule has 0 bridgehead atoms. The predicted octanol–water partition coefficient (Wildman–Crippen LogP) is 2.76. The van der Waals surface area contributed by atoms with E-state index in [2.05, 4.69) is 10.1 Å². The molecule has 1 aromatic carbocycles. The molecule has 0 aliphatic heterocycles. The lowest BCUT2D eigenvalue weighted by Crippen LogP contribution is -2.26. The summed E-state index contributed by atoms with van der Waals surface area (Å²) in [7, 11) is 0. The Kier molecular flexibility index (Phi) is 5.56. The molecule has 0 radical (unpaired) electrons. The van der Waals surface area contributed by atoms with E-state index in [1.165, 1.54) is 12.1 Å². The van der Waals surface area contributed by atoms with Gasteiger partial charge in [-0.15, -0.1) is 0 Å². The highest BCUT2D eigenvalue weighted by atomic mass is 19.4. The number of alkyl halides is 3. The summed E-state index contributed by atoms with van der Waals surface area (Å²) in [4.78, 5) is 0. The quantitative estimate of drug-likeness (QED) is 0.622. The normalized spacial score (nSPS) is 13.5. The van der Waals surface area contributed by atoms with Crippen molar-refractivity contribution in [3.05, 3.63) is 29.6 Å². The summed E-state index contributed by atoms with van der Waals surface area (Å²) in [6.45, 7) is 0.414. The molecule has 0 amide bonds. The van der Waals surface area contributed by atoms with E-state index in [1.54, 1.807) is 6.92 Å². The van der Waals surface area contributed by atoms with Gasteiger partial charge in [0.05, 0.1) is 6.61 Å². The maximum absolute atomic E-state index is 13.5.